The zero-order valence-electron chi connectivity index (χ0n) is 11.3. The molecule has 1 aromatic heterocycles. The van der Waals surface area contributed by atoms with Crippen LogP contribution in [0.3, 0.4) is 0 Å². The van der Waals surface area contributed by atoms with E-state index in [9.17, 15) is 0 Å². The van der Waals surface area contributed by atoms with Crippen molar-refractivity contribution in [3.63, 3.8) is 0 Å². The van der Waals surface area contributed by atoms with E-state index in [1.165, 1.54) is 5.56 Å². The van der Waals surface area contributed by atoms with Crippen LogP contribution in [0.15, 0.2) is 30.3 Å². The molecule has 4 heteroatoms. The van der Waals surface area contributed by atoms with Crippen LogP contribution in [-0.2, 0) is 0 Å². The van der Waals surface area contributed by atoms with Gasteiger partial charge in [0, 0.05) is 18.7 Å². The standard InChI is InChI=1S/C15H16N4/c1-10(2)11-4-6-12(7-5-11)15-18-13(9-16)8-14(17-3)19-15/h4-8,10H,1-3H3,(H,17,18,19). The molecule has 1 heterocycles. The van der Waals surface area contributed by atoms with Crippen LogP contribution in [0.25, 0.3) is 11.4 Å². The van der Waals surface area contributed by atoms with Crippen molar-refractivity contribution < 1.29 is 0 Å². The molecule has 0 saturated heterocycles. The van der Waals surface area contributed by atoms with Gasteiger partial charge in [-0.3, -0.25) is 0 Å². The molecular formula is C15H16N4. The third-order valence-corrected chi connectivity index (χ3v) is 2.93. The van der Waals surface area contributed by atoms with Gasteiger partial charge >= 0.3 is 0 Å². The predicted molar refractivity (Wildman–Crippen MR) is 75.8 cm³/mol. The van der Waals surface area contributed by atoms with E-state index in [1.807, 2.05) is 12.1 Å². The predicted octanol–water partition coefficient (Wildman–Crippen LogP) is 3.18. The summed E-state index contributed by atoms with van der Waals surface area (Å²) in [5, 5.41) is 11.9. The van der Waals surface area contributed by atoms with E-state index in [2.05, 4.69) is 47.3 Å². The smallest absolute Gasteiger partial charge is 0.162 e. The normalized spacial score (nSPS) is 10.3. The van der Waals surface area contributed by atoms with E-state index < -0.39 is 0 Å². The van der Waals surface area contributed by atoms with E-state index >= 15 is 0 Å². The van der Waals surface area contributed by atoms with E-state index in [1.54, 1.807) is 13.1 Å². The zero-order chi connectivity index (χ0) is 13.8. The maximum absolute atomic E-state index is 8.98. The molecule has 0 aliphatic rings. The Labute approximate surface area is 113 Å². The zero-order valence-corrected chi connectivity index (χ0v) is 11.3. The largest absolute Gasteiger partial charge is 0.373 e. The quantitative estimate of drug-likeness (QED) is 0.911. The lowest BCUT2D eigenvalue weighted by molar-refractivity contribution is 0.867. The lowest BCUT2D eigenvalue weighted by atomic mass is 10.0. The molecule has 0 radical (unpaired) electrons. The second-order valence-corrected chi connectivity index (χ2v) is 4.60. The Balaban J connectivity index is 2.43. The highest BCUT2D eigenvalue weighted by Gasteiger charge is 2.07. The van der Waals surface area contributed by atoms with Gasteiger partial charge in [-0.1, -0.05) is 38.1 Å². The van der Waals surface area contributed by atoms with Crippen molar-refractivity contribution in [2.45, 2.75) is 19.8 Å². The minimum absolute atomic E-state index is 0.363. The summed E-state index contributed by atoms with van der Waals surface area (Å²) in [7, 11) is 1.77. The Morgan fingerprint density at radius 2 is 1.84 bits per heavy atom. The van der Waals surface area contributed by atoms with Crippen molar-refractivity contribution in [2.24, 2.45) is 0 Å². The number of hydrogen-bond acceptors (Lipinski definition) is 4. The average Bonchev–Trinajstić information content (AvgIpc) is 2.46. The van der Waals surface area contributed by atoms with Gasteiger partial charge < -0.3 is 5.32 Å². The van der Waals surface area contributed by atoms with Gasteiger partial charge in [0.15, 0.2) is 5.82 Å². The van der Waals surface area contributed by atoms with Crippen LogP contribution in [0.5, 0.6) is 0 Å². The van der Waals surface area contributed by atoms with Crippen molar-refractivity contribution in [3.8, 4) is 17.5 Å². The number of aromatic nitrogens is 2. The average molecular weight is 252 g/mol. The van der Waals surface area contributed by atoms with Crippen molar-refractivity contribution in [1.82, 2.24) is 9.97 Å². The summed E-state index contributed by atoms with van der Waals surface area (Å²) >= 11 is 0. The summed E-state index contributed by atoms with van der Waals surface area (Å²) in [6.45, 7) is 4.31. The van der Waals surface area contributed by atoms with E-state index in [0.717, 1.165) is 5.56 Å². The molecule has 0 saturated carbocycles. The summed E-state index contributed by atoms with van der Waals surface area (Å²) in [4.78, 5) is 8.60. The minimum Gasteiger partial charge on any atom is -0.373 e. The number of nitrogens with zero attached hydrogens (tertiary/aromatic N) is 3. The van der Waals surface area contributed by atoms with Gasteiger partial charge in [-0.05, 0) is 11.5 Å². The van der Waals surface area contributed by atoms with Crippen LogP contribution >= 0.6 is 0 Å². The fourth-order valence-electron chi connectivity index (χ4n) is 1.78. The number of benzene rings is 1. The van der Waals surface area contributed by atoms with Crippen LogP contribution in [0, 0.1) is 11.3 Å². The molecule has 4 nitrogen and oxygen atoms in total. The van der Waals surface area contributed by atoms with Crippen molar-refractivity contribution in [3.05, 3.63) is 41.6 Å². The Kier molecular flexibility index (Phi) is 3.76. The Bertz CT molecular complexity index is 609. The summed E-state index contributed by atoms with van der Waals surface area (Å²) in [6.07, 6.45) is 0. The highest BCUT2D eigenvalue weighted by atomic mass is 15.0. The topological polar surface area (TPSA) is 61.6 Å². The fraction of sp³-hybridized carbons (Fsp3) is 0.267. The molecule has 0 aliphatic carbocycles. The molecule has 1 aromatic carbocycles. The highest BCUT2D eigenvalue weighted by Crippen LogP contribution is 2.21. The molecule has 0 aliphatic heterocycles. The van der Waals surface area contributed by atoms with Gasteiger partial charge in [0.1, 0.15) is 17.6 Å². The number of nitrogens with one attached hydrogen (secondary N) is 1. The second-order valence-electron chi connectivity index (χ2n) is 4.60. The highest BCUT2D eigenvalue weighted by molar-refractivity contribution is 5.59. The summed E-state index contributed by atoms with van der Waals surface area (Å²) in [6, 6.07) is 11.8. The first-order valence-corrected chi connectivity index (χ1v) is 6.21. The SMILES string of the molecule is CNc1cc(C#N)nc(-c2ccc(C(C)C)cc2)n1. The van der Waals surface area contributed by atoms with E-state index in [4.69, 9.17) is 5.26 Å². The lowest BCUT2D eigenvalue weighted by Gasteiger charge is -2.07. The number of anilines is 1. The van der Waals surface area contributed by atoms with Gasteiger partial charge in [-0.15, -0.1) is 0 Å². The maximum atomic E-state index is 8.98. The molecule has 2 aromatic rings. The molecule has 0 spiro atoms. The van der Waals surface area contributed by atoms with Gasteiger partial charge in [0.25, 0.3) is 0 Å². The molecule has 19 heavy (non-hydrogen) atoms. The molecule has 0 unspecified atom stereocenters. The molecule has 0 bridgehead atoms. The third-order valence-electron chi connectivity index (χ3n) is 2.93. The summed E-state index contributed by atoms with van der Waals surface area (Å²) < 4.78 is 0. The van der Waals surface area contributed by atoms with Gasteiger partial charge in [0.2, 0.25) is 0 Å². The first kappa shape index (κ1) is 13.0. The van der Waals surface area contributed by atoms with Gasteiger partial charge in [-0.25, -0.2) is 9.97 Å². The molecule has 0 atom stereocenters. The Hall–Kier alpha value is -2.41. The van der Waals surface area contributed by atoms with Gasteiger partial charge in [0.05, 0.1) is 0 Å². The first-order valence-electron chi connectivity index (χ1n) is 6.21. The Morgan fingerprint density at radius 3 is 2.37 bits per heavy atom. The molecule has 1 N–H and O–H groups in total. The van der Waals surface area contributed by atoms with Gasteiger partial charge in [-0.2, -0.15) is 5.26 Å². The molecule has 0 fully saturated rings. The molecule has 0 amide bonds. The van der Waals surface area contributed by atoms with Crippen LogP contribution in [0.1, 0.15) is 31.0 Å². The Morgan fingerprint density at radius 1 is 1.16 bits per heavy atom. The number of rotatable bonds is 3. The molecule has 2 rings (SSSR count). The van der Waals surface area contributed by atoms with Crippen LogP contribution in [0.2, 0.25) is 0 Å². The van der Waals surface area contributed by atoms with Crippen molar-refractivity contribution >= 4 is 5.82 Å². The molecule has 96 valence electrons. The number of hydrogen-bond donors (Lipinski definition) is 1. The van der Waals surface area contributed by atoms with E-state index in [0.29, 0.717) is 23.3 Å². The summed E-state index contributed by atoms with van der Waals surface area (Å²) in [5.41, 5.74) is 2.55. The monoisotopic (exact) mass is 252 g/mol. The lowest BCUT2D eigenvalue weighted by Crippen LogP contribution is -1.99. The third kappa shape index (κ3) is 2.89. The van der Waals surface area contributed by atoms with Crippen molar-refractivity contribution in [2.75, 3.05) is 12.4 Å². The maximum Gasteiger partial charge on any atom is 0.162 e. The number of nitriles is 1. The molecular weight excluding hydrogens is 236 g/mol. The fourth-order valence-corrected chi connectivity index (χ4v) is 1.78. The second kappa shape index (κ2) is 5.49. The van der Waals surface area contributed by atoms with Crippen LogP contribution < -0.4 is 5.32 Å². The van der Waals surface area contributed by atoms with Crippen molar-refractivity contribution in [1.29, 1.82) is 5.26 Å². The first-order chi connectivity index (χ1) is 9.13. The van der Waals surface area contributed by atoms with Crippen LogP contribution in [-0.4, -0.2) is 17.0 Å². The minimum atomic E-state index is 0.363. The van der Waals surface area contributed by atoms with Crippen LogP contribution in [0.4, 0.5) is 5.82 Å². The van der Waals surface area contributed by atoms with E-state index in [-0.39, 0.29) is 0 Å². The summed E-state index contributed by atoms with van der Waals surface area (Å²) in [5.74, 6) is 1.71.